The van der Waals surface area contributed by atoms with E-state index in [4.69, 9.17) is 5.73 Å². The second kappa shape index (κ2) is 11.5. The fourth-order valence-electron chi connectivity index (χ4n) is 5.67. The number of halogens is 3. The maximum Gasteiger partial charge on any atom is 0.416 e. The number of carboxylic acid groups (broad SMARTS) is 1. The first-order valence-electron chi connectivity index (χ1n) is 13.8. The first-order valence-corrected chi connectivity index (χ1v) is 15.2. The third-order valence-corrected chi connectivity index (χ3v) is 9.70. The minimum absolute atomic E-state index is 0.00931. The van der Waals surface area contributed by atoms with Gasteiger partial charge < -0.3 is 10.8 Å². The quantitative estimate of drug-likeness (QED) is 0.247. The van der Waals surface area contributed by atoms with Crippen LogP contribution in [-0.4, -0.2) is 41.5 Å². The van der Waals surface area contributed by atoms with Gasteiger partial charge in [-0.3, -0.25) is 9.36 Å². The van der Waals surface area contributed by atoms with Crippen molar-refractivity contribution in [2.75, 3.05) is 18.8 Å². The van der Waals surface area contributed by atoms with Crippen LogP contribution in [0.4, 0.5) is 18.9 Å². The number of nitrogens with zero attached hydrogens (tertiary/aromatic N) is 2. The zero-order chi connectivity index (χ0) is 31.1. The van der Waals surface area contributed by atoms with Crippen molar-refractivity contribution in [1.82, 2.24) is 8.87 Å². The van der Waals surface area contributed by atoms with Gasteiger partial charge in [0.1, 0.15) is 11.7 Å². The van der Waals surface area contributed by atoms with E-state index in [9.17, 15) is 36.3 Å². The van der Waals surface area contributed by atoms with Gasteiger partial charge in [-0.2, -0.15) is 17.5 Å². The topological polar surface area (TPSA) is 123 Å². The number of hydrogen-bond acceptors (Lipinski definition) is 5. The lowest BCUT2D eigenvalue weighted by Gasteiger charge is -2.35. The monoisotopic (exact) mass is 613 g/mol. The second-order valence-electron chi connectivity index (χ2n) is 10.6. The summed E-state index contributed by atoms with van der Waals surface area (Å²) in [7, 11) is -4.56. The fourth-order valence-corrected chi connectivity index (χ4v) is 7.58. The van der Waals surface area contributed by atoms with Crippen LogP contribution < -0.4 is 11.3 Å². The van der Waals surface area contributed by atoms with Crippen molar-refractivity contribution in [2.24, 2.45) is 0 Å². The molecule has 0 amide bonds. The first kappa shape index (κ1) is 30.3. The number of nitrogens with two attached hydrogens (primary N) is 1. The molecule has 12 heteroatoms. The summed E-state index contributed by atoms with van der Waals surface area (Å²) in [6.07, 6.45) is -2.97. The summed E-state index contributed by atoms with van der Waals surface area (Å²) in [4.78, 5) is 26.2. The number of carboxylic acids is 1. The number of rotatable bonds is 8. The van der Waals surface area contributed by atoms with Gasteiger partial charge in [-0.15, -0.1) is 0 Å². The minimum atomic E-state index is -4.75. The number of hydrogen-bond donors (Lipinski definition) is 2. The Kier molecular flexibility index (Phi) is 8.10. The molecule has 5 rings (SSSR count). The largest absolute Gasteiger partial charge is 0.480 e. The summed E-state index contributed by atoms with van der Waals surface area (Å²) in [6, 6.07) is 15.2. The van der Waals surface area contributed by atoms with Crippen LogP contribution in [0.2, 0.25) is 0 Å². The summed E-state index contributed by atoms with van der Waals surface area (Å²) in [5, 5.41) is 11.1. The number of aromatic nitrogens is 1. The third kappa shape index (κ3) is 5.52. The highest BCUT2D eigenvalue weighted by Crippen LogP contribution is 2.41. The number of unbranched alkanes of at least 4 members (excludes halogenated alkanes) is 2. The molecule has 1 unspecified atom stereocenters. The Morgan fingerprint density at radius 1 is 1.05 bits per heavy atom. The zero-order valence-electron chi connectivity index (χ0n) is 23.3. The highest BCUT2D eigenvalue weighted by Gasteiger charge is 2.44. The molecule has 0 aliphatic carbocycles. The summed E-state index contributed by atoms with van der Waals surface area (Å²) < 4.78 is 71.7. The van der Waals surface area contributed by atoms with E-state index in [1.165, 1.54) is 6.07 Å². The van der Waals surface area contributed by atoms with Crippen LogP contribution in [0.3, 0.4) is 0 Å². The molecule has 4 aromatic rings. The Labute approximate surface area is 246 Å². The molecule has 43 heavy (non-hydrogen) atoms. The Hall–Kier alpha value is -4.16. The van der Waals surface area contributed by atoms with E-state index in [0.29, 0.717) is 23.0 Å². The number of benzene rings is 3. The summed E-state index contributed by atoms with van der Waals surface area (Å²) >= 11 is 0. The average Bonchev–Trinajstić information content (AvgIpc) is 2.96. The van der Waals surface area contributed by atoms with Crippen LogP contribution in [0.15, 0.2) is 76.6 Å². The number of anilines is 1. The smallest absolute Gasteiger partial charge is 0.416 e. The lowest BCUT2D eigenvalue weighted by molar-refractivity contribution is -0.141. The summed E-state index contributed by atoms with van der Waals surface area (Å²) in [5.41, 5.74) is 4.20. The molecule has 1 aromatic heterocycles. The standard InChI is InChI=1S/C31H30F3N3O5S/c1-2-3-6-15-36-18-25(30(39)40)37-28(38)27(35)24(17-20-11-7-10-19-9-4-5-14-23(19)20)26(29(37)43(36,41)42)21-12-8-13-22(16-21)31(32,33)34/h4-5,7-14,16,25H,2-3,6,15,17-18,35H2,1H3,(H,39,40). The number of fused-ring (bicyclic) bond motifs is 2. The van der Waals surface area contributed by atoms with Gasteiger partial charge in [-0.25, -0.2) is 13.2 Å². The molecule has 1 atom stereocenters. The van der Waals surface area contributed by atoms with E-state index in [0.717, 1.165) is 39.7 Å². The normalized spacial score (nSPS) is 16.7. The number of aliphatic carboxylic acids is 1. The van der Waals surface area contributed by atoms with Crippen molar-refractivity contribution in [1.29, 1.82) is 0 Å². The predicted molar refractivity (Wildman–Crippen MR) is 157 cm³/mol. The van der Waals surface area contributed by atoms with Crippen molar-refractivity contribution >= 4 is 32.5 Å². The molecule has 8 nitrogen and oxygen atoms in total. The molecular formula is C31H30F3N3O5S. The van der Waals surface area contributed by atoms with Gasteiger partial charge in [-0.05, 0) is 46.0 Å². The highest BCUT2D eigenvalue weighted by atomic mass is 32.2. The van der Waals surface area contributed by atoms with Gasteiger partial charge in [-0.1, -0.05) is 74.4 Å². The Morgan fingerprint density at radius 2 is 1.74 bits per heavy atom. The molecule has 0 saturated carbocycles. The first-order chi connectivity index (χ1) is 20.4. The summed E-state index contributed by atoms with van der Waals surface area (Å²) in [6.45, 7) is 1.39. The number of carbonyl (C=O) groups is 1. The van der Waals surface area contributed by atoms with Gasteiger partial charge in [0.15, 0.2) is 5.03 Å². The van der Waals surface area contributed by atoms with Gasteiger partial charge in [0.25, 0.3) is 15.6 Å². The van der Waals surface area contributed by atoms with Gasteiger partial charge >= 0.3 is 12.1 Å². The molecular weight excluding hydrogens is 583 g/mol. The molecule has 226 valence electrons. The van der Waals surface area contributed by atoms with Gasteiger partial charge in [0.05, 0.1) is 5.56 Å². The Bertz CT molecular complexity index is 1880. The number of nitrogen functional groups attached to an aromatic ring is 1. The highest BCUT2D eigenvalue weighted by molar-refractivity contribution is 7.89. The predicted octanol–water partition coefficient (Wildman–Crippen LogP) is 5.68. The maximum absolute atomic E-state index is 14.2. The Balaban J connectivity index is 1.88. The van der Waals surface area contributed by atoms with Crippen LogP contribution in [0.25, 0.3) is 21.9 Å². The maximum atomic E-state index is 14.2. The van der Waals surface area contributed by atoms with Crippen molar-refractivity contribution in [3.05, 3.63) is 93.8 Å². The third-order valence-electron chi connectivity index (χ3n) is 7.80. The second-order valence-corrected chi connectivity index (χ2v) is 12.4. The molecule has 3 N–H and O–H groups in total. The van der Waals surface area contributed by atoms with Crippen molar-refractivity contribution in [3.63, 3.8) is 0 Å². The van der Waals surface area contributed by atoms with E-state index in [1.807, 2.05) is 31.2 Å². The summed E-state index contributed by atoms with van der Waals surface area (Å²) in [5.74, 6) is -1.46. The molecule has 3 aromatic carbocycles. The number of pyridine rings is 1. The van der Waals surface area contributed by atoms with Gasteiger partial charge in [0.2, 0.25) is 0 Å². The fraction of sp³-hybridized carbons (Fsp3) is 0.290. The van der Waals surface area contributed by atoms with Gasteiger partial charge in [0, 0.05) is 25.1 Å². The zero-order valence-corrected chi connectivity index (χ0v) is 24.1. The molecule has 0 spiro atoms. The molecule has 0 bridgehead atoms. The van der Waals surface area contributed by atoms with E-state index in [-0.39, 0.29) is 29.7 Å². The van der Waals surface area contributed by atoms with Crippen LogP contribution in [0.5, 0.6) is 0 Å². The van der Waals surface area contributed by atoms with Crippen molar-refractivity contribution in [3.8, 4) is 11.1 Å². The lowest BCUT2D eigenvalue weighted by Crippen LogP contribution is -2.50. The molecule has 0 radical (unpaired) electrons. The van der Waals surface area contributed by atoms with E-state index in [1.54, 1.807) is 18.2 Å². The van der Waals surface area contributed by atoms with Crippen molar-refractivity contribution in [2.45, 2.75) is 49.9 Å². The molecule has 1 aliphatic heterocycles. The van der Waals surface area contributed by atoms with E-state index in [2.05, 4.69) is 0 Å². The number of alkyl halides is 3. The van der Waals surface area contributed by atoms with E-state index >= 15 is 0 Å². The average molecular weight is 614 g/mol. The molecule has 0 saturated heterocycles. The van der Waals surface area contributed by atoms with Crippen molar-refractivity contribution < 1.29 is 31.5 Å². The molecule has 1 aliphatic rings. The molecule has 0 fully saturated rings. The number of sulfonamides is 1. The van der Waals surface area contributed by atoms with Crippen LogP contribution in [0, 0.1) is 0 Å². The molecule has 2 heterocycles. The van der Waals surface area contributed by atoms with Crippen LogP contribution >= 0.6 is 0 Å². The SMILES string of the molecule is CCCCCN1CC(C(=O)O)n2c(c(-c3cccc(C(F)(F)F)c3)c(Cc3cccc4ccccc34)c(N)c2=O)S1(=O)=O. The van der Waals surface area contributed by atoms with E-state index < -0.39 is 56.6 Å². The lowest BCUT2D eigenvalue weighted by atomic mass is 9.92. The Morgan fingerprint density at radius 3 is 2.44 bits per heavy atom. The minimum Gasteiger partial charge on any atom is -0.480 e. The van der Waals surface area contributed by atoms with Crippen LogP contribution in [-0.2, 0) is 27.4 Å². The van der Waals surface area contributed by atoms with Crippen LogP contribution in [0.1, 0.15) is 48.9 Å².